The quantitative estimate of drug-likeness (QED) is 0.593. The Labute approximate surface area is 151 Å². The molecule has 0 amide bonds. The minimum absolute atomic E-state index is 0.143. The van der Waals surface area contributed by atoms with Crippen molar-refractivity contribution in [3.8, 4) is 5.75 Å². The molecule has 3 rings (SSSR count). The van der Waals surface area contributed by atoms with Gasteiger partial charge in [-0.05, 0) is 48.0 Å². The smallest absolute Gasteiger partial charge is 0.135 e. The van der Waals surface area contributed by atoms with Gasteiger partial charge in [0.25, 0.3) is 0 Å². The van der Waals surface area contributed by atoms with Crippen molar-refractivity contribution in [1.82, 2.24) is 9.55 Å². The number of imidazole rings is 1. The molecule has 0 fully saturated rings. The van der Waals surface area contributed by atoms with Gasteiger partial charge in [0, 0.05) is 22.4 Å². The summed E-state index contributed by atoms with van der Waals surface area (Å²) in [6.45, 7) is 0.659. The molecule has 0 saturated carbocycles. The molecular formula is C19H16Cl2N2O. The molecule has 0 N–H and O–H groups in total. The van der Waals surface area contributed by atoms with Crippen LogP contribution in [0.15, 0.2) is 73.3 Å². The normalized spacial score (nSPS) is 12.4. The van der Waals surface area contributed by atoms with Gasteiger partial charge in [-0.3, -0.25) is 0 Å². The first-order valence-electron chi connectivity index (χ1n) is 7.51. The molecule has 2 aromatic carbocycles. The van der Waals surface area contributed by atoms with E-state index >= 15 is 0 Å². The summed E-state index contributed by atoms with van der Waals surface area (Å²) in [6, 6.07) is 15.0. The molecule has 0 aliphatic heterocycles. The predicted molar refractivity (Wildman–Crippen MR) is 98.6 cm³/mol. The van der Waals surface area contributed by atoms with E-state index in [2.05, 4.69) is 4.98 Å². The van der Waals surface area contributed by atoms with Crippen LogP contribution in [0.4, 0.5) is 0 Å². The standard InChI is InChI=1S/C19H16Cl2N2O/c20-16-4-1-15(2-5-16)3-8-19(13-23-12-11-22-14-23)24-18-9-6-17(21)7-10-18/h1-12,14,19H,13H2/b8-3+. The zero-order chi connectivity index (χ0) is 16.8. The number of ether oxygens (including phenoxy) is 1. The summed E-state index contributed by atoms with van der Waals surface area (Å²) in [6.07, 6.45) is 9.34. The van der Waals surface area contributed by atoms with Crippen molar-refractivity contribution in [2.45, 2.75) is 12.6 Å². The Kier molecular flexibility index (Phi) is 5.57. The summed E-state index contributed by atoms with van der Waals surface area (Å²) in [7, 11) is 0. The molecule has 0 radical (unpaired) electrons. The fourth-order valence-corrected chi connectivity index (χ4v) is 2.47. The lowest BCUT2D eigenvalue weighted by Gasteiger charge is -2.16. The van der Waals surface area contributed by atoms with E-state index in [1.807, 2.05) is 71.4 Å². The van der Waals surface area contributed by atoms with Gasteiger partial charge >= 0.3 is 0 Å². The summed E-state index contributed by atoms with van der Waals surface area (Å²) >= 11 is 11.8. The van der Waals surface area contributed by atoms with Crippen molar-refractivity contribution < 1.29 is 4.74 Å². The number of rotatable bonds is 6. The molecule has 24 heavy (non-hydrogen) atoms. The van der Waals surface area contributed by atoms with E-state index in [-0.39, 0.29) is 6.10 Å². The lowest BCUT2D eigenvalue weighted by Crippen LogP contribution is -2.20. The molecule has 0 spiro atoms. The van der Waals surface area contributed by atoms with E-state index in [1.54, 1.807) is 12.5 Å². The minimum atomic E-state index is -0.143. The minimum Gasteiger partial charge on any atom is -0.484 e. The monoisotopic (exact) mass is 358 g/mol. The van der Waals surface area contributed by atoms with Gasteiger partial charge in [-0.25, -0.2) is 4.98 Å². The second-order valence-corrected chi connectivity index (χ2v) is 6.15. The highest BCUT2D eigenvalue weighted by Crippen LogP contribution is 2.18. The average Bonchev–Trinajstić information content (AvgIpc) is 3.09. The molecule has 1 atom stereocenters. The maximum absolute atomic E-state index is 6.07. The molecule has 1 unspecified atom stereocenters. The van der Waals surface area contributed by atoms with Crippen LogP contribution in [-0.2, 0) is 6.54 Å². The van der Waals surface area contributed by atoms with Crippen LogP contribution in [0.1, 0.15) is 5.56 Å². The van der Waals surface area contributed by atoms with Gasteiger partial charge in [-0.1, -0.05) is 41.4 Å². The third-order valence-electron chi connectivity index (χ3n) is 3.42. The van der Waals surface area contributed by atoms with Gasteiger partial charge in [0.2, 0.25) is 0 Å². The molecule has 3 nitrogen and oxygen atoms in total. The molecule has 122 valence electrons. The maximum Gasteiger partial charge on any atom is 0.135 e. The molecule has 0 aliphatic carbocycles. The van der Waals surface area contributed by atoms with Crippen LogP contribution in [0, 0.1) is 0 Å². The fourth-order valence-electron chi connectivity index (χ4n) is 2.22. The highest BCUT2D eigenvalue weighted by atomic mass is 35.5. The van der Waals surface area contributed by atoms with Crippen molar-refractivity contribution in [2.24, 2.45) is 0 Å². The zero-order valence-corrected chi connectivity index (χ0v) is 14.4. The Bertz CT molecular complexity index is 781. The number of aromatic nitrogens is 2. The first-order valence-corrected chi connectivity index (χ1v) is 8.26. The average molecular weight is 359 g/mol. The summed E-state index contributed by atoms with van der Waals surface area (Å²) in [5.74, 6) is 0.769. The summed E-state index contributed by atoms with van der Waals surface area (Å²) in [4.78, 5) is 4.07. The third kappa shape index (κ3) is 4.88. The van der Waals surface area contributed by atoms with Crippen molar-refractivity contribution in [3.05, 3.63) is 88.9 Å². The molecule has 3 aromatic rings. The third-order valence-corrected chi connectivity index (χ3v) is 3.93. The molecule has 0 saturated heterocycles. The molecule has 0 aliphatic rings. The van der Waals surface area contributed by atoms with E-state index in [4.69, 9.17) is 27.9 Å². The highest BCUT2D eigenvalue weighted by molar-refractivity contribution is 6.30. The summed E-state index contributed by atoms with van der Waals surface area (Å²) in [5.41, 5.74) is 1.06. The number of benzene rings is 2. The Morgan fingerprint density at radius 2 is 1.67 bits per heavy atom. The van der Waals surface area contributed by atoms with Crippen LogP contribution < -0.4 is 4.74 Å². The molecule has 0 bridgehead atoms. The molecule has 1 heterocycles. The van der Waals surface area contributed by atoms with Gasteiger partial charge in [-0.15, -0.1) is 0 Å². The van der Waals surface area contributed by atoms with Crippen LogP contribution in [-0.4, -0.2) is 15.7 Å². The Morgan fingerprint density at radius 1 is 1.00 bits per heavy atom. The van der Waals surface area contributed by atoms with Gasteiger partial charge in [-0.2, -0.15) is 0 Å². The summed E-state index contributed by atoms with van der Waals surface area (Å²) < 4.78 is 8.05. The number of hydrogen-bond acceptors (Lipinski definition) is 2. The first-order chi connectivity index (χ1) is 11.7. The van der Waals surface area contributed by atoms with Crippen LogP contribution in [0.2, 0.25) is 10.0 Å². The van der Waals surface area contributed by atoms with Crippen LogP contribution in [0.25, 0.3) is 6.08 Å². The second kappa shape index (κ2) is 8.04. The molecule has 1 aromatic heterocycles. The SMILES string of the molecule is Clc1ccc(/C=C/C(Cn2ccnc2)Oc2ccc(Cl)cc2)cc1. The van der Waals surface area contributed by atoms with Gasteiger partial charge < -0.3 is 9.30 Å². The first kappa shape index (κ1) is 16.6. The Hall–Kier alpha value is -2.23. The van der Waals surface area contributed by atoms with E-state index in [0.717, 1.165) is 16.3 Å². The van der Waals surface area contributed by atoms with E-state index in [9.17, 15) is 0 Å². The maximum atomic E-state index is 6.07. The Balaban J connectivity index is 1.75. The van der Waals surface area contributed by atoms with Crippen LogP contribution in [0.5, 0.6) is 5.75 Å². The highest BCUT2D eigenvalue weighted by Gasteiger charge is 2.08. The van der Waals surface area contributed by atoms with Crippen molar-refractivity contribution >= 4 is 29.3 Å². The zero-order valence-electron chi connectivity index (χ0n) is 12.8. The lowest BCUT2D eigenvalue weighted by molar-refractivity contribution is 0.227. The van der Waals surface area contributed by atoms with E-state index in [1.165, 1.54) is 0 Å². The number of halogens is 2. The Morgan fingerprint density at radius 3 is 2.29 bits per heavy atom. The van der Waals surface area contributed by atoms with E-state index in [0.29, 0.717) is 11.6 Å². The second-order valence-electron chi connectivity index (χ2n) is 5.28. The number of hydrogen-bond donors (Lipinski definition) is 0. The largest absolute Gasteiger partial charge is 0.484 e. The van der Waals surface area contributed by atoms with Gasteiger partial charge in [0.15, 0.2) is 0 Å². The summed E-state index contributed by atoms with van der Waals surface area (Å²) in [5, 5.41) is 1.41. The van der Waals surface area contributed by atoms with E-state index < -0.39 is 0 Å². The number of nitrogens with zero attached hydrogens (tertiary/aromatic N) is 2. The lowest BCUT2D eigenvalue weighted by atomic mass is 10.2. The predicted octanol–water partition coefficient (Wildman–Crippen LogP) is 5.35. The van der Waals surface area contributed by atoms with Crippen LogP contribution in [0.3, 0.4) is 0 Å². The van der Waals surface area contributed by atoms with Gasteiger partial charge in [0.1, 0.15) is 11.9 Å². The van der Waals surface area contributed by atoms with Crippen LogP contribution >= 0.6 is 23.2 Å². The van der Waals surface area contributed by atoms with Crippen molar-refractivity contribution in [3.63, 3.8) is 0 Å². The molecule has 5 heteroatoms. The van der Waals surface area contributed by atoms with Gasteiger partial charge in [0.05, 0.1) is 12.9 Å². The molecular weight excluding hydrogens is 343 g/mol. The van der Waals surface area contributed by atoms with Crippen molar-refractivity contribution in [1.29, 1.82) is 0 Å². The van der Waals surface area contributed by atoms with Crippen molar-refractivity contribution in [2.75, 3.05) is 0 Å². The fraction of sp³-hybridized carbons (Fsp3) is 0.105. The topological polar surface area (TPSA) is 27.1 Å².